The number of carbonyl (C=O) groups excluding carboxylic acids is 2. The maximum absolute atomic E-state index is 13.4. The number of amides is 1. The van der Waals surface area contributed by atoms with Crippen LogP contribution in [0.2, 0.25) is 10.0 Å². The van der Waals surface area contributed by atoms with E-state index in [2.05, 4.69) is 28.4 Å². The Bertz CT molecular complexity index is 1600. The van der Waals surface area contributed by atoms with E-state index in [1.165, 1.54) is 12.7 Å². The van der Waals surface area contributed by atoms with E-state index in [1.807, 2.05) is 49.4 Å². The summed E-state index contributed by atoms with van der Waals surface area (Å²) in [5.74, 6) is 2.34. The summed E-state index contributed by atoms with van der Waals surface area (Å²) in [4.78, 5) is 27.2. The molecule has 0 aromatic heterocycles. The van der Waals surface area contributed by atoms with Crippen LogP contribution in [0.5, 0.6) is 17.2 Å². The van der Waals surface area contributed by atoms with Crippen molar-refractivity contribution in [3.63, 3.8) is 0 Å². The van der Waals surface area contributed by atoms with Gasteiger partial charge in [0.05, 0.1) is 36.1 Å². The fraction of sp³-hybridized carbons (Fsp3) is 0.524. The molecule has 0 bridgehead atoms. The zero-order chi connectivity index (χ0) is 37.6. The summed E-state index contributed by atoms with van der Waals surface area (Å²) in [5.41, 5.74) is 3.23. The number of hydrogen-bond donors (Lipinski definition) is 1. The molecule has 0 unspecified atom stereocenters. The van der Waals surface area contributed by atoms with E-state index in [9.17, 15) is 9.59 Å². The molecule has 53 heavy (non-hydrogen) atoms. The zero-order valence-electron chi connectivity index (χ0n) is 31.3. The van der Waals surface area contributed by atoms with Gasteiger partial charge in [0, 0.05) is 38.3 Å². The highest BCUT2D eigenvalue weighted by atomic mass is 35.5. The quantitative estimate of drug-likeness (QED) is 0.102. The van der Waals surface area contributed by atoms with Crippen LogP contribution in [0.3, 0.4) is 0 Å². The van der Waals surface area contributed by atoms with Crippen molar-refractivity contribution in [1.82, 2.24) is 10.2 Å². The van der Waals surface area contributed by atoms with Crippen molar-refractivity contribution in [2.45, 2.75) is 77.3 Å². The molecule has 6 rings (SSSR count). The second-order valence-electron chi connectivity index (χ2n) is 14.4. The van der Waals surface area contributed by atoms with Gasteiger partial charge in [-0.15, -0.1) is 0 Å². The van der Waals surface area contributed by atoms with E-state index >= 15 is 0 Å². The van der Waals surface area contributed by atoms with Crippen molar-refractivity contribution in [3.8, 4) is 17.2 Å². The summed E-state index contributed by atoms with van der Waals surface area (Å²) in [6, 6.07) is 20.0. The molecule has 288 valence electrons. The summed E-state index contributed by atoms with van der Waals surface area (Å²) in [7, 11) is 3.16. The Labute approximate surface area is 324 Å². The van der Waals surface area contributed by atoms with Crippen LogP contribution in [0.1, 0.15) is 68.1 Å². The number of nitrogens with zero attached hydrogens (tertiary/aromatic N) is 1. The minimum atomic E-state index is -0.175. The first-order valence-corrected chi connectivity index (χ1v) is 19.5. The fourth-order valence-electron chi connectivity index (χ4n) is 6.54. The zero-order valence-corrected chi connectivity index (χ0v) is 32.8. The van der Waals surface area contributed by atoms with E-state index in [0.717, 1.165) is 87.1 Å². The molecule has 3 fully saturated rings. The molecule has 0 radical (unpaired) electrons. The summed E-state index contributed by atoms with van der Waals surface area (Å²) < 4.78 is 27.4. The van der Waals surface area contributed by atoms with Crippen LogP contribution in [-0.4, -0.2) is 76.6 Å². The van der Waals surface area contributed by atoms with Gasteiger partial charge in [-0.1, -0.05) is 47.5 Å². The third kappa shape index (κ3) is 13.1. The Morgan fingerprint density at radius 1 is 0.868 bits per heavy atom. The fourth-order valence-corrected chi connectivity index (χ4v) is 7.25. The van der Waals surface area contributed by atoms with E-state index in [0.29, 0.717) is 61.2 Å². The molecule has 9 nitrogen and oxygen atoms in total. The maximum atomic E-state index is 13.4. The molecule has 3 aliphatic rings. The highest BCUT2D eigenvalue weighted by molar-refractivity contribution is 6.37. The molecule has 3 aromatic rings. The standard InChI is InChI=1S/C27H40N2O5.C15H14Cl2O2/c1-32-12-4-5-20-13-21(15-24(14-20)34-19-27(9-10-27)16-25(30)33-2)18-29(23-7-8-23)26(31)22-6-3-11-28-17-22;1-11-9-13(16)15(14(17)10-11)19-8-7-18-12-5-3-2-4-6-12/h13-15,22-23,28H,3-12,16-19H2,1-2H3;2-6,9-10H,7-8H2,1H3/t22-;/m1./s1. The van der Waals surface area contributed by atoms with Gasteiger partial charge in [0.25, 0.3) is 0 Å². The summed E-state index contributed by atoms with van der Waals surface area (Å²) in [5, 5.41) is 4.42. The van der Waals surface area contributed by atoms with Gasteiger partial charge in [0.2, 0.25) is 5.91 Å². The lowest BCUT2D eigenvalue weighted by molar-refractivity contribution is -0.142. The van der Waals surface area contributed by atoms with Crippen LogP contribution in [-0.2, 0) is 32.0 Å². The van der Waals surface area contributed by atoms with E-state index < -0.39 is 0 Å². The highest BCUT2D eigenvalue weighted by Gasteiger charge is 2.45. The predicted molar refractivity (Wildman–Crippen MR) is 208 cm³/mol. The number of aryl methyl sites for hydroxylation is 2. The number of para-hydroxylation sites is 1. The normalized spacial score (nSPS) is 17.2. The van der Waals surface area contributed by atoms with Crippen molar-refractivity contribution in [1.29, 1.82) is 0 Å². The number of benzene rings is 3. The molecular weight excluding hydrogens is 715 g/mol. The predicted octanol–water partition coefficient (Wildman–Crippen LogP) is 8.24. The van der Waals surface area contributed by atoms with Gasteiger partial charge in [-0.3, -0.25) is 9.59 Å². The van der Waals surface area contributed by atoms with Crippen molar-refractivity contribution >= 4 is 35.1 Å². The minimum Gasteiger partial charge on any atom is -0.493 e. The number of halogens is 2. The van der Waals surface area contributed by atoms with E-state index in [1.54, 1.807) is 7.11 Å². The van der Waals surface area contributed by atoms with Crippen molar-refractivity contribution in [2.24, 2.45) is 11.3 Å². The van der Waals surface area contributed by atoms with Crippen molar-refractivity contribution < 1.29 is 33.3 Å². The molecular formula is C42H54Cl2N2O7. The Morgan fingerprint density at radius 3 is 2.23 bits per heavy atom. The second-order valence-corrected chi connectivity index (χ2v) is 15.2. The molecule has 0 spiro atoms. The van der Waals surface area contributed by atoms with Gasteiger partial charge in [0.1, 0.15) is 24.7 Å². The van der Waals surface area contributed by atoms with Gasteiger partial charge >= 0.3 is 5.97 Å². The molecule has 1 amide bonds. The first kappa shape index (κ1) is 40.7. The number of ether oxygens (including phenoxy) is 5. The Balaban J connectivity index is 0.000000241. The Kier molecular flexibility index (Phi) is 15.5. The third-order valence-electron chi connectivity index (χ3n) is 9.84. The number of methoxy groups -OCH3 is 2. The Hall–Kier alpha value is -3.50. The first-order valence-electron chi connectivity index (χ1n) is 18.8. The van der Waals surface area contributed by atoms with Gasteiger partial charge in [-0.2, -0.15) is 0 Å². The van der Waals surface area contributed by atoms with Crippen molar-refractivity contribution in [3.05, 3.63) is 87.4 Å². The van der Waals surface area contributed by atoms with Crippen LogP contribution >= 0.6 is 23.2 Å². The van der Waals surface area contributed by atoms with Gasteiger partial charge in [0.15, 0.2) is 5.75 Å². The van der Waals surface area contributed by atoms with Crippen LogP contribution in [0.15, 0.2) is 60.7 Å². The maximum Gasteiger partial charge on any atom is 0.306 e. The topological polar surface area (TPSA) is 95.6 Å². The second kappa shape index (κ2) is 20.3. The number of piperidine rings is 1. The lowest BCUT2D eigenvalue weighted by atomic mass is 9.97. The molecule has 2 saturated carbocycles. The molecule has 2 aliphatic carbocycles. The number of nitrogens with one attached hydrogen (secondary N) is 1. The van der Waals surface area contributed by atoms with Gasteiger partial charge in [-0.25, -0.2) is 0 Å². The molecule has 1 N–H and O–H groups in total. The molecule has 1 heterocycles. The highest BCUT2D eigenvalue weighted by Crippen LogP contribution is 2.49. The lowest BCUT2D eigenvalue weighted by Gasteiger charge is -2.30. The van der Waals surface area contributed by atoms with Gasteiger partial charge in [-0.05, 0) is 118 Å². The van der Waals surface area contributed by atoms with Crippen LogP contribution < -0.4 is 19.5 Å². The molecule has 1 atom stereocenters. The van der Waals surface area contributed by atoms with Crippen LogP contribution in [0, 0.1) is 18.3 Å². The summed E-state index contributed by atoms with van der Waals surface area (Å²) in [6.07, 6.45) is 8.45. The van der Waals surface area contributed by atoms with E-state index in [4.69, 9.17) is 46.9 Å². The van der Waals surface area contributed by atoms with Crippen LogP contribution in [0.4, 0.5) is 0 Å². The average molecular weight is 770 g/mol. The average Bonchev–Trinajstić information content (AvgIpc) is 4.11. The largest absolute Gasteiger partial charge is 0.493 e. The van der Waals surface area contributed by atoms with Crippen molar-refractivity contribution in [2.75, 3.05) is 53.7 Å². The van der Waals surface area contributed by atoms with E-state index in [-0.39, 0.29) is 23.2 Å². The lowest BCUT2D eigenvalue weighted by Crippen LogP contribution is -2.43. The number of carbonyl (C=O) groups is 2. The molecule has 1 aliphatic heterocycles. The monoisotopic (exact) mass is 768 g/mol. The van der Waals surface area contributed by atoms with Gasteiger partial charge < -0.3 is 33.9 Å². The van der Waals surface area contributed by atoms with Crippen LogP contribution in [0.25, 0.3) is 0 Å². The summed E-state index contributed by atoms with van der Waals surface area (Å²) >= 11 is 12.2. The number of esters is 1. The molecule has 11 heteroatoms. The molecule has 3 aromatic carbocycles. The number of rotatable bonds is 18. The summed E-state index contributed by atoms with van der Waals surface area (Å²) in [6.45, 7) is 6.40. The minimum absolute atomic E-state index is 0.0861. The first-order chi connectivity index (χ1) is 25.7. The number of hydrogen-bond acceptors (Lipinski definition) is 8. The smallest absolute Gasteiger partial charge is 0.306 e. The SMILES string of the molecule is COCCCc1cc(CN(C(=O)[C@@H]2CCCNC2)C2CC2)cc(OCC2(CC(=O)OC)CC2)c1.Cc1cc(Cl)c(OCCOc2ccccc2)c(Cl)c1. The third-order valence-corrected chi connectivity index (χ3v) is 10.4. The molecule has 1 saturated heterocycles. The Morgan fingerprint density at radius 2 is 1.58 bits per heavy atom.